The lowest BCUT2D eigenvalue weighted by atomic mass is 9.80. The van der Waals surface area contributed by atoms with Gasteiger partial charge in [0.1, 0.15) is 5.82 Å². The molecule has 0 saturated heterocycles. The zero-order valence-corrected chi connectivity index (χ0v) is 11.7. The monoisotopic (exact) mass is 282 g/mol. The third kappa shape index (κ3) is 3.78. The molecule has 1 aliphatic rings. The van der Waals surface area contributed by atoms with E-state index in [0.29, 0.717) is 5.92 Å². The predicted octanol–water partition coefficient (Wildman–Crippen LogP) is 4.48. The maximum Gasteiger partial charge on any atom is 0.314 e. The Balaban J connectivity index is 1.89. The van der Waals surface area contributed by atoms with Gasteiger partial charge in [-0.1, -0.05) is 19.8 Å². The second-order valence-corrected chi connectivity index (χ2v) is 5.50. The van der Waals surface area contributed by atoms with E-state index in [1.54, 1.807) is 0 Å². The summed E-state index contributed by atoms with van der Waals surface area (Å²) < 4.78 is 31.3. The molecule has 0 amide bonds. The Hall–Kier alpha value is -1.45. The van der Waals surface area contributed by atoms with Crippen molar-refractivity contribution in [2.75, 3.05) is 0 Å². The second kappa shape index (κ2) is 6.82. The average Bonchev–Trinajstić information content (AvgIpc) is 2.43. The number of rotatable bonds is 4. The van der Waals surface area contributed by atoms with Crippen LogP contribution in [0.4, 0.5) is 8.78 Å². The first-order chi connectivity index (χ1) is 9.60. The molecule has 0 atom stereocenters. The standard InChI is InChI=1S/C16H20F2O2/c1-2-3-11-4-6-12(7-5-11)16(19)20-15-9-8-13(17)10-14(15)18/h8-12H,2-7H2,1H3. The van der Waals surface area contributed by atoms with Crippen LogP contribution in [0.5, 0.6) is 5.75 Å². The Morgan fingerprint density at radius 1 is 1.25 bits per heavy atom. The molecule has 1 aromatic carbocycles. The number of carbonyl (C=O) groups excluding carboxylic acids is 1. The lowest BCUT2D eigenvalue weighted by Crippen LogP contribution is -2.26. The zero-order chi connectivity index (χ0) is 14.5. The fraction of sp³-hybridized carbons (Fsp3) is 0.562. The molecule has 110 valence electrons. The van der Waals surface area contributed by atoms with E-state index in [9.17, 15) is 13.6 Å². The van der Waals surface area contributed by atoms with Crippen LogP contribution in [-0.2, 0) is 4.79 Å². The molecule has 1 saturated carbocycles. The number of hydrogen-bond acceptors (Lipinski definition) is 2. The molecule has 20 heavy (non-hydrogen) atoms. The van der Waals surface area contributed by atoms with E-state index in [-0.39, 0.29) is 11.7 Å². The molecule has 0 spiro atoms. The average molecular weight is 282 g/mol. The van der Waals surface area contributed by atoms with Crippen LogP contribution in [0, 0.1) is 23.5 Å². The molecule has 2 nitrogen and oxygen atoms in total. The van der Waals surface area contributed by atoms with Gasteiger partial charge in [-0.25, -0.2) is 8.78 Å². The van der Waals surface area contributed by atoms with Crippen molar-refractivity contribution in [1.82, 2.24) is 0 Å². The fourth-order valence-electron chi connectivity index (χ4n) is 2.84. The number of esters is 1. The summed E-state index contributed by atoms with van der Waals surface area (Å²) >= 11 is 0. The molecule has 1 aliphatic carbocycles. The molecule has 0 N–H and O–H groups in total. The van der Waals surface area contributed by atoms with Gasteiger partial charge in [-0.05, 0) is 43.7 Å². The van der Waals surface area contributed by atoms with Crippen LogP contribution in [0.2, 0.25) is 0 Å². The predicted molar refractivity (Wildman–Crippen MR) is 72.3 cm³/mol. The Morgan fingerprint density at radius 3 is 2.55 bits per heavy atom. The first-order valence-electron chi connectivity index (χ1n) is 7.27. The minimum Gasteiger partial charge on any atom is -0.423 e. The van der Waals surface area contributed by atoms with Crippen LogP contribution < -0.4 is 4.74 Å². The first-order valence-corrected chi connectivity index (χ1v) is 7.27. The highest BCUT2D eigenvalue weighted by molar-refractivity contribution is 5.75. The van der Waals surface area contributed by atoms with E-state index in [1.807, 2.05) is 0 Å². The highest BCUT2D eigenvalue weighted by atomic mass is 19.1. The number of carbonyl (C=O) groups is 1. The molecule has 2 rings (SSSR count). The van der Waals surface area contributed by atoms with Crippen molar-refractivity contribution >= 4 is 5.97 Å². The van der Waals surface area contributed by atoms with E-state index < -0.39 is 17.6 Å². The second-order valence-electron chi connectivity index (χ2n) is 5.50. The summed E-state index contributed by atoms with van der Waals surface area (Å²) in [5.74, 6) is -1.56. The molecule has 4 heteroatoms. The fourth-order valence-corrected chi connectivity index (χ4v) is 2.84. The zero-order valence-electron chi connectivity index (χ0n) is 11.7. The number of benzene rings is 1. The molecule has 0 unspecified atom stereocenters. The van der Waals surface area contributed by atoms with Gasteiger partial charge >= 0.3 is 5.97 Å². The van der Waals surface area contributed by atoms with Gasteiger partial charge in [0, 0.05) is 6.07 Å². The highest BCUT2D eigenvalue weighted by Crippen LogP contribution is 2.32. The molecule has 0 aliphatic heterocycles. The summed E-state index contributed by atoms with van der Waals surface area (Å²) in [6.07, 6.45) is 6.02. The summed E-state index contributed by atoms with van der Waals surface area (Å²) in [7, 11) is 0. The smallest absolute Gasteiger partial charge is 0.314 e. The maximum atomic E-state index is 13.4. The van der Waals surface area contributed by atoms with Crippen LogP contribution in [0.25, 0.3) is 0 Å². The molecule has 0 heterocycles. The van der Waals surface area contributed by atoms with E-state index in [4.69, 9.17) is 4.74 Å². The number of ether oxygens (including phenoxy) is 1. The molecule has 1 fully saturated rings. The van der Waals surface area contributed by atoms with E-state index in [0.717, 1.165) is 43.9 Å². The van der Waals surface area contributed by atoms with Gasteiger partial charge in [0.25, 0.3) is 0 Å². The third-order valence-corrected chi connectivity index (χ3v) is 3.98. The van der Waals surface area contributed by atoms with E-state index in [2.05, 4.69) is 6.92 Å². The molecule has 0 radical (unpaired) electrons. The van der Waals surface area contributed by atoms with Crippen LogP contribution in [0.15, 0.2) is 18.2 Å². The van der Waals surface area contributed by atoms with Crippen molar-refractivity contribution in [3.8, 4) is 5.75 Å². The van der Waals surface area contributed by atoms with Crippen molar-refractivity contribution in [3.63, 3.8) is 0 Å². The maximum absolute atomic E-state index is 13.4. The molecular weight excluding hydrogens is 262 g/mol. The minimum absolute atomic E-state index is 0.160. The molecule has 0 aromatic heterocycles. The summed E-state index contributed by atoms with van der Waals surface area (Å²) in [5.41, 5.74) is 0. The Kier molecular flexibility index (Phi) is 5.10. The molecular formula is C16H20F2O2. The topological polar surface area (TPSA) is 26.3 Å². The van der Waals surface area contributed by atoms with Gasteiger partial charge < -0.3 is 4.74 Å². The molecule has 0 bridgehead atoms. The van der Waals surface area contributed by atoms with Crippen molar-refractivity contribution in [1.29, 1.82) is 0 Å². The quantitative estimate of drug-likeness (QED) is 0.601. The van der Waals surface area contributed by atoms with E-state index in [1.165, 1.54) is 12.8 Å². The normalized spacial score (nSPS) is 22.6. The Bertz CT molecular complexity index is 466. The van der Waals surface area contributed by atoms with Gasteiger partial charge in [-0.3, -0.25) is 4.79 Å². The summed E-state index contributed by atoms with van der Waals surface area (Å²) in [4.78, 5) is 12.0. The van der Waals surface area contributed by atoms with Gasteiger partial charge in [-0.15, -0.1) is 0 Å². The summed E-state index contributed by atoms with van der Waals surface area (Å²) in [6.45, 7) is 2.16. The SMILES string of the molecule is CCCC1CCC(C(=O)Oc2ccc(F)cc2F)CC1. The van der Waals surface area contributed by atoms with Crippen LogP contribution in [-0.4, -0.2) is 5.97 Å². The highest BCUT2D eigenvalue weighted by Gasteiger charge is 2.27. The third-order valence-electron chi connectivity index (χ3n) is 3.98. The van der Waals surface area contributed by atoms with Crippen molar-refractivity contribution in [3.05, 3.63) is 29.8 Å². The first kappa shape index (κ1) is 14.9. The number of hydrogen-bond donors (Lipinski definition) is 0. The Morgan fingerprint density at radius 2 is 1.95 bits per heavy atom. The van der Waals surface area contributed by atoms with Gasteiger partial charge in [0.05, 0.1) is 5.92 Å². The van der Waals surface area contributed by atoms with Crippen molar-refractivity contribution in [2.45, 2.75) is 45.4 Å². The van der Waals surface area contributed by atoms with Crippen LogP contribution in [0.3, 0.4) is 0 Å². The molecule has 1 aromatic rings. The summed E-state index contributed by atoms with van der Waals surface area (Å²) in [5, 5.41) is 0. The van der Waals surface area contributed by atoms with Gasteiger partial charge in [0.2, 0.25) is 0 Å². The van der Waals surface area contributed by atoms with Crippen molar-refractivity contribution in [2.24, 2.45) is 11.8 Å². The Labute approximate surface area is 118 Å². The lowest BCUT2D eigenvalue weighted by molar-refractivity contribution is -0.140. The largest absolute Gasteiger partial charge is 0.423 e. The van der Waals surface area contributed by atoms with Crippen molar-refractivity contribution < 1.29 is 18.3 Å². The van der Waals surface area contributed by atoms with Gasteiger partial charge in [0.15, 0.2) is 11.6 Å². The summed E-state index contributed by atoms with van der Waals surface area (Å²) in [6, 6.07) is 2.97. The number of halogens is 2. The van der Waals surface area contributed by atoms with Gasteiger partial charge in [-0.2, -0.15) is 0 Å². The minimum atomic E-state index is -0.835. The van der Waals surface area contributed by atoms with Crippen LogP contribution in [0.1, 0.15) is 45.4 Å². The van der Waals surface area contributed by atoms with Crippen LogP contribution >= 0.6 is 0 Å². The van der Waals surface area contributed by atoms with E-state index >= 15 is 0 Å². The lowest BCUT2D eigenvalue weighted by Gasteiger charge is -2.26.